The van der Waals surface area contributed by atoms with E-state index in [1.165, 1.54) is 7.11 Å². The predicted octanol–water partition coefficient (Wildman–Crippen LogP) is 1.88. The molecule has 0 saturated carbocycles. The molecule has 0 spiro atoms. The van der Waals surface area contributed by atoms with Gasteiger partial charge in [0.1, 0.15) is 6.04 Å². The molecule has 1 rings (SSSR count). The minimum atomic E-state index is -4.19. The second kappa shape index (κ2) is 5.77. The van der Waals surface area contributed by atoms with Gasteiger partial charge in [0, 0.05) is 12.3 Å². The van der Waals surface area contributed by atoms with E-state index in [-0.39, 0.29) is 36.1 Å². The van der Waals surface area contributed by atoms with Crippen LogP contribution in [0.1, 0.15) is 12.8 Å². The summed E-state index contributed by atoms with van der Waals surface area (Å²) in [5.74, 6) is -0.397. The van der Waals surface area contributed by atoms with Gasteiger partial charge in [0.15, 0.2) is 0 Å². The Morgan fingerprint density at radius 2 is 2.25 bits per heavy atom. The Morgan fingerprint density at radius 3 is 2.81 bits per heavy atom. The van der Waals surface area contributed by atoms with Crippen LogP contribution in [0.25, 0.3) is 0 Å². The van der Waals surface area contributed by atoms with Crippen molar-refractivity contribution in [2.75, 3.05) is 26.0 Å². The Labute approximate surface area is 96.3 Å². The SMILES string of the molecule is COC(=O)C1CCCN1CCSC(F)(F)F. The average molecular weight is 257 g/mol. The third-order valence-electron chi connectivity index (χ3n) is 2.48. The van der Waals surface area contributed by atoms with Crippen molar-refractivity contribution >= 4 is 17.7 Å². The van der Waals surface area contributed by atoms with Gasteiger partial charge in [0.05, 0.1) is 7.11 Å². The molecule has 1 heterocycles. The fourth-order valence-electron chi connectivity index (χ4n) is 1.78. The highest BCUT2D eigenvalue weighted by Crippen LogP contribution is 2.30. The molecule has 3 nitrogen and oxygen atoms in total. The van der Waals surface area contributed by atoms with Gasteiger partial charge in [-0.05, 0) is 31.1 Å². The van der Waals surface area contributed by atoms with Crippen LogP contribution in [-0.2, 0) is 9.53 Å². The third-order valence-corrected chi connectivity index (χ3v) is 3.20. The van der Waals surface area contributed by atoms with E-state index in [9.17, 15) is 18.0 Å². The quantitative estimate of drug-likeness (QED) is 0.719. The minimum Gasteiger partial charge on any atom is -0.468 e. The zero-order valence-electron chi connectivity index (χ0n) is 8.92. The minimum absolute atomic E-state index is 0.0446. The first-order chi connectivity index (χ1) is 7.44. The van der Waals surface area contributed by atoms with E-state index in [2.05, 4.69) is 4.74 Å². The number of rotatable bonds is 4. The van der Waals surface area contributed by atoms with E-state index in [0.29, 0.717) is 13.0 Å². The molecule has 0 aromatic carbocycles. The number of hydrogen-bond donors (Lipinski definition) is 0. The highest BCUT2D eigenvalue weighted by Gasteiger charge is 2.33. The number of nitrogens with zero attached hydrogens (tertiary/aromatic N) is 1. The number of halogens is 3. The van der Waals surface area contributed by atoms with Crippen molar-refractivity contribution in [3.05, 3.63) is 0 Å². The van der Waals surface area contributed by atoms with E-state index in [4.69, 9.17) is 0 Å². The maximum Gasteiger partial charge on any atom is 0.441 e. The highest BCUT2D eigenvalue weighted by molar-refractivity contribution is 8.00. The van der Waals surface area contributed by atoms with Crippen LogP contribution in [0.2, 0.25) is 0 Å². The van der Waals surface area contributed by atoms with Crippen LogP contribution in [0.3, 0.4) is 0 Å². The summed E-state index contributed by atoms with van der Waals surface area (Å²) < 4.78 is 40.3. The number of thioether (sulfide) groups is 1. The van der Waals surface area contributed by atoms with E-state index in [0.717, 1.165) is 6.42 Å². The van der Waals surface area contributed by atoms with E-state index in [1.54, 1.807) is 4.90 Å². The molecule has 0 aliphatic carbocycles. The molecule has 1 aliphatic rings. The third kappa shape index (κ3) is 4.21. The highest BCUT2D eigenvalue weighted by atomic mass is 32.2. The molecule has 1 saturated heterocycles. The van der Waals surface area contributed by atoms with Crippen molar-refractivity contribution in [2.24, 2.45) is 0 Å². The smallest absolute Gasteiger partial charge is 0.441 e. The molecule has 0 amide bonds. The second-order valence-electron chi connectivity index (χ2n) is 3.51. The fraction of sp³-hybridized carbons (Fsp3) is 0.889. The number of likely N-dealkylation sites (tertiary alicyclic amines) is 1. The molecule has 16 heavy (non-hydrogen) atoms. The summed E-state index contributed by atoms with van der Waals surface area (Å²) in [4.78, 5) is 13.0. The summed E-state index contributed by atoms with van der Waals surface area (Å²) in [7, 11) is 1.29. The van der Waals surface area contributed by atoms with Crippen LogP contribution < -0.4 is 0 Å². The average Bonchev–Trinajstić information content (AvgIpc) is 2.63. The monoisotopic (exact) mass is 257 g/mol. The lowest BCUT2D eigenvalue weighted by Gasteiger charge is -2.22. The summed E-state index contributed by atoms with van der Waals surface area (Å²) in [5, 5.41) is 0. The Bertz CT molecular complexity index is 247. The molecule has 94 valence electrons. The first kappa shape index (κ1) is 13.6. The normalized spacial score (nSPS) is 22.4. The van der Waals surface area contributed by atoms with E-state index >= 15 is 0 Å². The number of ether oxygens (including phenoxy) is 1. The molecular formula is C9H14F3NO2S. The Balaban J connectivity index is 2.33. The van der Waals surface area contributed by atoms with Crippen LogP contribution in [-0.4, -0.2) is 48.4 Å². The lowest BCUT2D eigenvalue weighted by molar-refractivity contribution is -0.145. The van der Waals surface area contributed by atoms with Crippen molar-refractivity contribution in [2.45, 2.75) is 24.4 Å². The number of methoxy groups -OCH3 is 1. The maximum absolute atomic E-state index is 11.9. The first-order valence-corrected chi connectivity index (χ1v) is 5.95. The van der Waals surface area contributed by atoms with Crippen molar-refractivity contribution in [1.29, 1.82) is 0 Å². The van der Waals surface area contributed by atoms with Crippen LogP contribution in [0.4, 0.5) is 13.2 Å². The number of hydrogen-bond acceptors (Lipinski definition) is 4. The second-order valence-corrected chi connectivity index (χ2v) is 4.67. The summed E-state index contributed by atoms with van der Waals surface area (Å²) in [6.07, 6.45) is 1.50. The molecule has 0 aromatic rings. The van der Waals surface area contributed by atoms with E-state index in [1.807, 2.05) is 0 Å². The topological polar surface area (TPSA) is 29.5 Å². The number of esters is 1. The van der Waals surface area contributed by atoms with Crippen LogP contribution in [0.5, 0.6) is 0 Å². The molecule has 0 radical (unpaired) electrons. The zero-order valence-corrected chi connectivity index (χ0v) is 9.74. The largest absolute Gasteiger partial charge is 0.468 e. The van der Waals surface area contributed by atoms with Crippen molar-refractivity contribution in [3.8, 4) is 0 Å². The van der Waals surface area contributed by atoms with Gasteiger partial charge in [-0.2, -0.15) is 13.2 Å². The first-order valence-electron chi connectivity index (χ1n) is 4.96. The lowest BCUT2D eigenvalue weighted by Crippen LogP contribution is -2.38. The molecule has 1 aliphatic heterocycles. The van der Waals surface area contributed by atoms with Gasteiger partial charge in [-0.25, -0.2) is 0 Å². The number of alkyl halides is 3. The van der Waals surface area contributed by atoms with Crippen molar-refractivity contribution in [1.82, 2.24) is 4.90 Å². The molecule has 7 heteroatoms. The van der Waals surface area contributed by atoms with Crippen LogP contribution >= 0.6 is 11.8 Å². The summed E-state index contributed by atoms with van der Waals surface area (Å²) in [5.41, 5.74) is -4.19. The Hall–Kier alpha value is -0.430. The summed E-state index contributed by atoms with van der Waals surface area (Å²) in [6.45, 7) is 0.933. The standard InChI is InChI=1S/C9H14F3NO2S/c1-15-8(14)7-3-2-4-13(7)5-6-16-9(10,11)12/h7H,2-6H2,1H3. The maximum atomic E-state index is 11.9. The molecule has 1 atom stereocenters. The number of carbonyl (C=O) groups excluding carboxylic acids is 1. The molecule has 0 bridgehead atoms. The lowest BCUT2D eigenvalue weighted by atomic mass is 10.2. The fourth-order valence-corrected chi connectivity index (χ4v) is 2.33. The van der Waals surface area contributed by atoms with Crippen molar-refractivity contribution < 1.29 is 22.7 Å². The predicted molar refractivity (Wildman–Crippen MR) is 55.1 cm³/mol. The van der Waals surface area contributed by atoms with Crippen LogP contribution in [0, 0.1) is 0 Å². The van der Waals surface area contributed by atoms with Gasteiger partial charge in [0.25, 0.3) is 0 Å². The van der Waals surface area contributed by atoms with Gasteiger partial charge in [-0.3, -0.25) is 9.69 Å². The Morgan fingerprint density at radius 1 is 1.56 bits per heavy atom. The van der Waals surface area contributed by atoms with Crippen LogP contribution in [0.15, 0.2) is 0 Å². The summed E-state index contributed by atoms with van der Waals surface area (Å²) >= 11 is -0.0520. The molecule has 0 aromatic heterocycles. The zero-order chi connectivity index (χ0) is 12.2. The van der Waals surface area contributed by atoms with Gasteiger partial charge in [0.2, 0.25) is 0 Å². The van der Waals surface area contributed by atoms with Gasteiger partial charge >= 0.3 is 11.5 Å². The molecular weight excluding hydrogens is 243 g/mol. The van der Waals surface area contributed by atoms with E-state index < -0.39 is 5.51 Å². The molecule has 1 unspecified atom stereocenters. The summed E-state index contributed by atoms with van der Waals surface area (Å²) in [6, 6.07) is -0.362. The number of carbonyl (C=O) groups is 1. The van der Waals surface area contributed by atoms with Gasteiger partial charge in [-0.15, -0.1) is 0 Å². The van der Waals surface area contributed by atoms with Crippen molar-refractivity contribution in [3.63, 3.8) is 0 Å². The molecule has 0 N–H and O–H groups in total. The molecule has 1 fully saturated rings. The van der Waals surface area contributed by atoms with Gasteiger partial charge in [-0.1, -0.05) is 0 Å². The Kier molecular flexibility index (Phi) is 4.91. The van der Waals surface area contributed by atoms with Gasteiger partial charge < -0.3 is 4.74 Å².